The van der Waals surface area contributed by atoms with Crippen molar-refractivity contribution < 1.29 is 4.79 Å². The maximum atomic E-state index is 12.1. The number of nitrogens with zero attached hydrogens (tertiary/aromatic N) is 2. The van der Waals surface area contributed by atoms with Crippen LogP contribution in [-0.2, 0) is 0 Å². The lowest BCUT2D eigenvalue weighted by atomic mass is 10.2. The van der Waals surface area contributed by atoms with Gasteiger partial charge >= 0.3 is 0 Å². The Balaban J connectivity index is 1.99. The van der Waals surface area contributed by atoms with Gasteiger partial charge in [-0.3, -0.25) is 9.78 Å². The Bertz CT molecular complexity index is 415. The number of rotatable bonds is 6. The second kappa shape index (κ2) is 5.85. The summed E-state index contributed by atoms with van der Waals surface area (Å²) in [7, 11) is 1.83. The van der Waals surface area contributed by atoms with Gasteiger partial charge < -0.3 is 10.2 Å². The first kappa shape index (κ1) is 12.9. The van der Waals surface area contributed by atoms with Crippen molar-refractivity contribution in [2.45, 2.75) is 38.6 Å². The van der Waals surface area contributed by atoms with E-state index in [2.05, 4.69) is 17.2 Å². The van der Waals surface area contributed by atoms with Gasteiger partial charge in [0, 0.05) is 31.5 Å². The van der Waals surface area contributed by atoms with Gasteiger partial charge in [0.2, 0.25) is 0 Å². The molecule has 1 fully saturated rings. The summed E-state index contributed by atoms with van der Waals surface area (Å²) in [5.74, 6) is 0.00268. The van der Waals surface area contributed by atoms with Crippen LogP contribution in [0.2, 0.25) is 0 Å². The first-order chi connectivity index (χ1) is 8.70. The largest absolute Gasteiger partial charge is 0.382 e. The third kappa shape index (κ3) is 3.45. The van der Waals surface area contributed by atoms with Gasteiger partial charge in [-0.2, -0.15) is 0 Å². The summed E-state index contributed by atoms with van der Waals surface area (Å²) in [5.41, 5.74) is 1.53. The number of pyridine rings is 1. The Labute approximate surface area is 108 Å². The molecule has 1 saturated carbocycles. The number of nitrogens with one attached hydrogen (secondary N) is 1. The fourth-order valence-corrected chi connectivity index (χ4v) is 1.79. The van der Waals surface area contributed by atoms with E-state index >= 15 is 0 Å². The van der Waals surface area contributed by atoms with Crippen LogP contribution in [0.1, 0.15) is 43.1 Å². The minimum Gasteiger partial charge on any atom is -0.382 e. The normalized spacial score (nSPS) is 14.3. The van der Waals surface area contributed by atoms with Gasteiger partial charge in [-0.05, 0) is 31.4 Å². The zero-order chi connectivity index (χ0) is 13.0. The number of amides is 1. The van der Waals surface area contributed by atoms with Crippen molar-refractivity contribution in [3.63, 3.8) is 0 Å². The van der Waals surface area contributed by atoms with E-state index in [0.29, 0.717) is 11.7 Å². The Morgan fingerprint density at radius 3 is 3.00 bits per heavy atom. The van der Waals surface area contributed by atoms with E-state index in [4.69, 9.17) is 0 Å². The van der Waals surface area contributed by atoms with Gasteiger partial charge in [-0.15, -0.1) is 0 Å². The quantitative estimate of drug-likeness (QED) is 0.840. The molecular formula is C14H21N3O. The Hall–Kier alpha value is -1.58. The summed E-state index contributed by atoms with van der Waals surface area (Å²) in [6.07, 6.45) is 6.27. The van der Waals surface area contributed by atoms with E-state index in [1.807, 2.05) is 19.2 Å². The van der Waals surface area contributed by atoms with Gasteiger partial charge in [-0.25, -0.2) is 0 Å². The first-order valence-electron chi connectivity index (χ1n) is 6.68. The standard InChI is InChI=1S/C14H21N3O/c1-3-4-9-17(2)14(18)13-10-12(7-8-15-13)16-11-5-6-11/h7-8,10-11H,3-6,9H2,1-2H3,(H,15,16). The molecule has 4 nitrogen and oxygen atoms in total. The molecule has 0 radical (unpaired) electrons. The predicted octanol–water partition coefficient (Wildman–Crippen LogP) is 2.53. The van der Waals surface area contributed by atoms with Gasteiger partial charge in [0.15, 0.2) is 0 Å². The molecular weight excluding hydrogens is 226 g/mol. The first-order valence-corrected chi connectivity index (χ1v) is 6.68. The van der Waals surface area contributed by atoms with Gasteiger partial charge in [0.05, 0.1) is 0 Å². The summed E-state index contributed by atoms with van der Waals surface area (Å²) < 4.78 is 0. The van der Waals surface area contributed by atoms with Crippen molar-refractivity contribution in [2.24, 2.45) is 0 Å². The van der Waals surface area contributed by atoms with Crippen LogP contribution >= 0.6 is 0 Å². The minimum atomic E-state index is 0.00268. The van der Waals surface area contributed by atoms with E-state index in [-0.39, 0.29) is 5.91 Å². The molecule has 98 valence electrons. The number of unbranched alkanes of at least 4 members (excludes halogenated alkanes) is 1. The SMILES string of the molecule is CCCCN(C)C(=O)c1cc(NC2CC2)ccn1. The molecule has 1 aliphatic carbocycles. The molecule has 1 aliphatic rings. The Morgan fingerprint density at radius 1 is 1.56 bits per heavy atom. The van der Waals surface area contributed by atoms with Crippen LogP contribution in [0.5, 0.6) is 0 Å². The number of hydrogen-bond acceptors (Lipinski definition) is 3. The van der Waals surface area contributed by atoms with E-state index in [1.54, 1.807) is 11.1 Å². The van der Waals surface area contributed by atoms with E-state index in [9.17, 15) is 4.79 Å². The lowest BCUT2D eigenvalue weighted by Crippen LogP contribution is -2.28. The summed E-state index contributed by atoms with van der Waals surface area (Å²) in [6, 6.07) is 4.36. The zero-order valence-corrected chi connectivity index (χ0v) is 11.1. The lowest BCUT2D eigenvalue weighted by Gasteiger charge is -2.16. The highest BCUT2D eigenvalue weighted by atomic mass is 16.2. The van der Waals surface area contributed by atoms with E-state index < -0.39 is 0 Å². The molecule has 0 bridgehead atoms. The zero-order valence-electron chi connectivity index (χ0n) is 11.1. The van der Waals surface area contributed by atoms with Crippen molar-refractivity contribution in [3.8, 4) is 0 Å². The molecule has 1 aromatic heterocycles. The van der Waals surface area contributed by atoms with Crippen molar-refractivity contribution in [1.82, 2.24) is 9.88 Å². The number of aromatic nitrogens is 1. The Kier molecular flexibility index (Phi) is 4.18. The van der Waals surface area contributed by atoms with Gasteiger partial charge in [-0.1, -0.05) is 13.3 Å². The molecule has 0 unspecified atom stereocenters. The maximum Gasteiger partial charge on any atom is 0.272 e. The van der Waals surface area contributed by atoms with Crippen molar-refractivity contribution in [1.29, 1.82) is 0 Å². The van der Waals surface area contributed by atoms with Crippen LogP contribution in [0.3, 0.4) is 0 Å². The number of carbonyl (C=O) groups is 1. The second-order valence-electron chi connectivity index (χ2n) is 4.93. The monoisotopic (exact) mass is 247 g/mol. The van der Waals surface area contributed by atoms with Crippen molar-refractivity contribution in [2.75, 3.05) is 18.9 Å². The van der Waals surface area contributed by atoms with E-state index in [0.717, 1.165) is 25.1 Å². The lowest BCUT2D eigenvalue weighted by molar-refractivity contribution is 0.0787. The molecule has 1 aromatic rings. The molecule has 4 heteroatoms. The van der Waals surface area contributed by atoms with E-state index in [1.165, 1.54) is 12.8 Å². The highest BCUT2D eigenvalue weighted by molar-refractivity contribution is 5.92. The van der Waals surface area contributed by atoms with Crippen LogP contribution in [0.15, 0.2) is 18.3 Å². The summed E-state index contributed by atoms with van der Waals surface area (Å²) in [4.78, 5) is 18.0. The molecule has 1 N–H and O–H groups in total. The molecule has 18 heavy (non-hydrogen) atoms. The van der Waals surface area contributed by atoms with Gasteiger partial charge in [0.1, 0.15) is 5.69 Å². The van der Waals surface area contributed by atoms with Crippen LogP contribution < -0.4 is 5.32 Å². The van der Waals surface area contributed by atoms with Crippen molar-refractivity contribution >= 4 is 11.6 Å². The fourth-order valence-electron chi connectivity index (χ4n) is 1.79. The topological polar surface area (TPSA) is 45.2 Å². The molecule has 0 aliphatic heterocycles. The second-order valence-corrected chi connectivity index (χ2v) is 4.93. The minimum absolute atomic E-state index is 0.00268. The number of carbonyl (C=O) groups excluding carboxylic acids is 1. The van der Waals surface area contributed by atoms with Crippen LogP contribution in [-0.4, -0.2) is 35.4 Å². The fraction of sp³-hybridized carbons (Fsp3) is 0.571. The molecule has 1 heterocycles. The summed E-state index contributed by atoms with van der Waals surface area (Å²) in [5, 5.41) is 3.38. The molecule has 2 rings (SSSR count). The summed E-state index contributed by atoms with van der Waals surface area (Å²) in [6.45, 7) is 2.91. The maximum absolute atomic E-state index is 12.1. The predicted molar refractivity (Wildman–Crippen MR) is 72.8 cm³/mol. The Morgan fingerprint density at radius 2 is 2.33 bits per heavy atom. The molecule has 1 amide bonds. The average Bonchev–Trinajstić information content (AvgIpc) is 3.19. The average molecular weight is 247 g/mol. The summed E-state index contributed by atoms with van der Waals surface area (Å²) >= 11 is 0. The van der Waals surface area contributed by atoms with Crippen LogP contribution in [0, 0.1) is 0 Å². The smallest absolute Gasteiger partial charge is 0.272 e. The number of anilines is 1. The highest BCUT2D eigenvalue weighted by Gasteiger charge is 2.21. The third-order valence-electron chi connectivity index (χ3n) is 3.12. The highest BCUT2D eigenvalue weighted by Crippen LogP contribution is 2.24. The van der Waals surface area contributed by atoms with Crippen LogP contribution in [0.4, 0.5) is 5.69 Å². The third-order valence-corrected chi connectivity index (χ3v) is 3.12. The molecule has 0 saturated heterocycles. The van der Waals surface area contributed by atoms with Crippen molar-refractivity contribution in [3.05, 3.63) is 24.0 Å². The molecule has 0 spiro atoms. The van der Waals surface area contributed by atoms with Crippen LogP contribution in [0.25, 0.3) is 0 Å². The number of hydrogen-bond donors (Lipinski definition) is 1. The molecule has 0 atom stereocenters. The van der Waals surface area contributed by atoms with Gasteiger partial charge in [0.25, 0.3) is 5.91 Å². The molecule has 0 aromatic carbocycles.